The van der Waals surface area contributed by atoms with E-state index in [1.54, 1.807) is 13.8 Å². The lowest BCUT2D eigenvalue weighted by molar-refractivity contribution is 0.604. The van der Waals surface area contributed by atoms with Crippen LogP contribution in [-0.2, 0) is 0 Å². The highest BCUT2D eigenvalue weighted by Crippen LogP contribution is 2.30. The van der Waals surface area contributed by atoms with Crippen LogP contribution in [0.3, 0.4) is 0 Å². The first-order chi connectivity index (χ1) is 9.43. The average molecular weight is 357 g/mol. The van der Waals surface area contributed by atoms with Crippen LogP contribution in [0.1, 0.15) is 28.3 Å². The van der Waals surface area contributed by atoms with E-state index in [-0.39, 0.29) is 11.9 Å². The van der Waals surface area contributed by atoms with Crippen molar-refractivity contribution in [3.05, 3.63) is 67.9 Å². The van der Waals surface area contributed by atoms with Crippen molar-refractivity contribution < 1.29 is 4.39 Å². The maximum Gasteiger partial charge on any atom is 0.129 e. The summed E-state index contributed by atoms with van der Waals surface area (Å²) in [5, 5.41) is 3.92. The molecule has 0 spiro atoms. The van der Waals surface area contributed by atoms with Crippen LogP contribution in [0.5, 0.6) is 0 Å². The summed E-state index contributed by atoms with van der Waals surface area (Å²) < 4.78 is 14.6. The van der Waals surface area contributed by atoms with Gasteiger partial charge in [0.25, 0.3) is 0 Å². The van der Waals surface area contributed by atoms with Crippen LogP contribution in [0.4, 0.5) is 4.39 Å². The van der Waals surface area contributed by atoms with E-state index in [0.717, 1.165) is 15.6 Å². The number of nitrogens with one attached hydrogen (secondary N) is 1. The predicted octanol–water partition coefficient (Wildman–Crippen LogP) is 5.17. The van der Waals surface area contributed by atoms with Crippen molar-refractivity contribution in [1.82, 2.24) is 5.32 Å². The fourth-order valence-corrected chi connectivity index (χ4v) is 2.80. The second-order valence-corrected chi connectivity index (χ2v) is 6.13. The van der Waals surface area contributed by atoms with E-state index in [0.29, 0.717) is 16.1 Å². The molecule has 2 aromatic carbocycles. The van der Waals surface area contributed by atoms with Crippen molar-refractivity contribution in [1.29, 1.82) is 0 Å². The summed E-state index contributed by atoms with van der Waals surface area (Å²) in [5.41, 5.74) is 3.39. The molecule has 0 amide bonds. The van der Waals surface area contributed by atoms with Gasteiger partial charge in [-0.1, -0.05) is 29.8 Å². The minimum Gasteiger partial charge on any atom is -0.309 e. The molecule has 0 aliphatic heterocycles. The van der Waals surface area contributed by atoms with Crippen molar-refractivity contribution in [3.63, 3.8) is 0 Å². The lowest BCUT2D eigenvalue weighted by atomic mass is 9.95. The van der Waals surface area contributed by atoms with E-state index in [9.17, 15) is 4.39 Å². The zero-order chi connectivity index (χ0) is 14.9. The Balaban J connectivity index is 2.49. The van der Waals surface area contributed by atoms with E-state index in [2.05, 4.69) is 21.2 Å². The van der Waals surface area contributed by atoms with Gasteiger partial charge in [-0.2, -0.15) is 0 Å². The van der Waals surface area contributed by atoms with E-state index in [1.807, 2.05) is 37.4 Å². The van der Waals surface area contributed by atoms with Crippen molar-refractivity contribution in [3.8, 4) is 0 Å². The second kappa shape index (κ2) is 6.25. The first-order valence-corrected chi connectivity index (χ1v) is 7.50. The first kappa shape index (κ1) is 15.5. The molecule has 106 valence electrons. The number of hydrogen-bond acceptors (Lipinski definition) is 1. The molecule has 0 bridgehead atoms. The van der Waals surface area contributed by atoms with Crippen molar-refractivity contribution in [2.45, 2.75) is 19.9 Å². The van der Waals surface area contributed by atoms with Gasteiger partial charge in [-0.25, -0.2) is 4.39 Å². The molecule has 4 heteroatoms. The minimum atomic E-state index is -0.141. The highest BCUT2D eigenvalue weighted by Gasteiger charge is 2.15. The Bertz CT molecular complexity index is 619. The van der Waals surface area contributed by atoms with Crippen LogP contribution >= 0.6 is 27.5 Å². The third kappa shape index (κ3) is 3.05. The fourth-order valence-electron chi connectivity index (χ4n) is 2.36. The Kier molecular flexibility index (Phi) is 4.84. The Morgan fingerprint density at radius 2 is 1.70 bits per heavy atom. The summed E-state index contributed by atoms with van der Waals surface area (Å²) in [6.45, 7) is 3.57. The van der Waals surface area contributed by atoms with Crippen LogP contribution in [0, 0.1) is 19.7 Å². The fraction of sp³-hybridized carbons (Fsp3) is 0.250. The smallest absolute Gasteiger partial charge is 0.129 e. The van der Waals surface area contributed by atoms with Gasteiger partial charge in [0.2, 0.25) is 0 Å². The Labute approximate surface area is 132 Å². The highest BCUT2D eigenvalue weighted by atomic mass is 79.9. The van der Waals surface area contributed by atoms with E-state index in [4.69, 9.17) is 11.6 Å². The minimum absolute atomic E-state index is 0.0152. The third-order valence-electron chi connectivity index (χ3n) is 3.36. The molecule has 1 atom stereocenters. The van der Waals surface area contributed by atoms with Crippen LogP contribution in [0.25, 0.3) is 0 Å². The van der Waals surface area contributed by atoms with Gasteiger partial charge in [0.1, 0.15) is 5.82 Å². The molecule has 1 unspecified atom stereocenters. The monoisotopic (exact) mass is 355 g/mol. The van der Waals surface area contributed by atoms with Gasteiger partial charge in [0, 0.05) is 4.47 Å². The standard InChI is InChI=1S/C16H16BrClFN/c1-9-6-12(7-10(2)15(9)19)16(20-3)11-4-5-13(17)14(18)8-11/h4-8,16,20H,1-3H3. The summed E-state index contributed by atoms with van der Waals surface area (Å²) in [5.74, 6) is -0.141. The van der Waals surface area contributed by atoms with Gasteiger partial charge in [-0.3, -0.25) is 0 Å². The van der Waals surface area contributed by atoms with Crippen molar-refractivity contribution >= 4 is 27.5 Å². The van der Waals surface area contributed by atoms with E-state index < -0.39 is 0 Å². The predicted molar refractivity (Wildman–Crippen MR) is 85.9 cm³/mol. The molecule has 0 aliphatic carbocycles. The molecule has 1 nitrogen and oxygen atoms in total. The molecular formula is C16H16BrClFN. The summed E-state index contributed by atoms with van der Waals surface area (Å²) >= 11 is 9.54. The topological polar surface area (TPSA) is 12.0 Å². The maximum atomic E-state index is 13.7. The molecule has 2 rings (SSSR count). The lowest BCUT2D eigenvalue weighted by Gasteiger charge is -2.19. The molecule has 0 aliphatic rings. The Morgan fingerprint density at radius 1 is 1.10 bits per heavy atom. The van der Waals surface area contributed by atoms with Gasteiger partial charge in [0.05, 0.1) is 11.1 Å². The van der Waals surface area contributed by atoms with Crippen LogP contribution in [0.2, 0.25) is 5.02 Å². The third-order valence-corrected chi connectivity index (χ3v) is 4.59. The summed E-state index contributed by atoms with van der Waals surface area (Å²) in [6.07, 6.45) is 0. The maximum absolute atomic E-state index is 13.7. The number of halogens is 3. The van der Waals surface area contributed by atoms with Gasteiger partial charge < -0.3 is 5.32 Å². The zero-order valence-corrected chi connectivity index (χ0v) is 13.9. The highest BCUT2D eigenvalue weighted by molar-refractivity contribution is 9.10. The summed E-state index contributed by atoms with van der Waals surface area (Å²) in [4.78, 5) is 0. The number of hydrogen-bond donors (Lipinski definition) is 1. The normalized spacial score (nSPS) is 12.5. The van der Waals surface area contributed by atoms with Crippen LogP contribution in [0.15, 0.2) is 34.8 Å². The van der Waals surface area contributed by atoms with Crippen LogP contribution in [-0.4, -0.2) is 7.05 Å². The average Bonchev–Trinajstić information content (AvgIpc) is 2.41. The van der Waals surface area contributed by atoms with Gasteiger partial charge >= 0.3 is 0 Å². The van der Waals surface area contributed by atoms with E-state index in [1.165, 1.54) is 0 Å². The summed E-state index contributed by atoms with van der Waals surface area (Å²) in [7, 11) is 1.88. The zero-order valence-electron chi connectivity index (χ0n) is 11.6. The molecule has 0 saturated carbocycles. The summed E-state index contributed by atoms with van der Waals surface area (Å²) in [6, 6.07) is 9.58. The quantitative estimate of drug-likeness (QED) is 0.800. The largest absolute Gasteiger partial charge is 0.309 e. The van der Waals surface area contributed by atoms with Gasteiger partial charge in [0.15, 0.2) is 0 Å². The second-order valence-electron chi connectivity index (χ2n) is 4.86. The number of aryl methyl sites for hydroxylation is 2. The molecule has 0 fully saturated rings. The van der Waals surface area contributed by atoms with Gasteiger partial charge in [-0.15, -0.1) is 0 Å². The molecule has 1 N–H and O–H groups in total. The first-order valence-electron chi connectivity index (χ1n) is 6.33. The number of benzene rings is 2. The Hall–Kier alpha value is -0.900. The molecule has 2 aromatic rings. The Morgan fingerprint density at radius 3 is 2.20 bits per heavy atom. The molecule has 0 saturated heterocycles. The van der Waals surface area contributed by atoms with Gasteiger partial charge in [-0.05, 0) is 71.2 Å². The molecule has 0 heterocycles. The number of rotatable bonds is 3. The molecule has 0 aromatic heterocycles. The van der Waals surface area contributed by atoms with Crippen molar-refractivity contribution in [2.75, 3.05) is 7.05 Å². The lowest BCUT2D eigenvalue weighted by Crippen LogP contribution is -2.18. The molecule has 0 radical (unpaired) electrons. The van der Waals surface area contributed by atoms with Crippen LogP contribution < -0.4 is 5.32 Å². The van der Waals surface area contributed by atoms with E-state index >= 15 is 0 Å². The van der Waals surface area contributed by atoms with Crippen molar-refractivity contribution in [2.24, 2.45) is 0 Å². The molecular weight excluding hydrogens is 341 g/mol. The molecule has 20 heavy (non-hydrogen) atoms. The SMILES string of the molecule is CNC(c1cc(C)c(F)c(C)c1)c1ccc(Br)c(Cl)c1.